The number of rotatable bonds is 7. The van der Waals surface area contributed by atoms with Crippen LogP contribution >= 0.6 is 11.6 Å². The van der Waals surface area contributed by atoms with E-state index in [1.165, 1.54) is 4.68 Å². The van der Waals surface area contributed by atoms with Crippen LogP contribution in [0.25, 0.3) is 22.8 Å². The van der Waals surface area contributed by atoms with Crippen LogP contribution in [0.3, 0.4) is 0 Å². The number of nitrogen functional groups attached to an aromatic ring is 1. The third-order valence-corrected chi connectivity index (χ3v) is 5.35. The summed E-state index contributed by atoms with van der Waals surface area (Å²) in [5.74, 6) is 1.07. The molecule has 0 radical (unpaired) electrons. The molecule has 0 saturated heterocycles. The van der Waals surface area contributed by atoms with Crippen molar-refractivity contribution < 1.29 is 9.32 Å². The Kier molecular flexibility index (Phi) is 6.09. The van der Waals surface area contributed by atoms with E-state index in [-0.39, 0.29) is 24.2 Å². The van der Waals surface area contributed by atoms with Crippen molar-refractivity contribution in [2.45, 2.75) is 20.0 Å². The summed E-state index contributed by atoms with van der Waals surface area (Å²) < 4.78 is 6.86. The maximum atomic E-state index is 12.5. The number of hydrogen-bond donors (Lipinski definition) is 3. The Morgan fingerprint density at radius 1 is 1.19 bits per heavy atom. The molecule has 0 unspecified atom stereocenters. The lowest BCUT2D eigenvalue weighted by Gasteiger charge is -2.08. The van der Waals surface area contributed by atoms with E-state index in [1.807, 2.05) is 49.4 Å². The van der Waals surface area contributed by atoms with Gasteiger partial charge in [0.15, 0.2) is 5.82 Å². The predicted molar refractivity (Wildman–Crippen MR) is 123 cm³/mol. The van der Waals surface area contributed by atoms with E-state index in [0.29, 0.717) is 28.8 Å². The number of nitrogens with two attached hydrogens (primary N) is 1. The van der Waals surface area contributed by atoms with Gasteiger partial charge >= 0.3 is 0 Å². The molecule has 10 heteroatoms. The fraction of sp³-hybridized carbons (Fsp3) is 0.182. The van der Waals surface area contributed by atoms with Gasteiger partial charge in [-0.2, -0.15) is 10.1 Å². The van der Waals surface area contributed by atoms with E-state index in [0.717, 1.165) is 16.7 Å². The number of aryl methyl sites for hydroxylation is 1. The molecule has 4 aromatic rings. The van der Waals surface area contributed by atoms with Gasteiger partial charge in [0.25, 0.3) is 5.89 Å². The highest BCUT2D eigenvalue weighted by molar-refractivity contribution is 6.31. The first kappa shape index (κ1) is 21.4. The smallest absolute Gasteiger partial charge is 0.265 e. The molecule has 164 valence electrons. The molecule has 0 saturated carbocycles. The van der Waals surface area contributed by atoms with Crippen LogP contribution in [0.4, 0.5) is 11.6 Å². The molecule has 2 aromatic carbocycles. The van der Waals surface area contributed by atoms with E-state index in [4.69, 9.17) is 21.9 Å². The van der Waals surface area contributed by atoms with Crippen molar-refractivity contribution >= 4 is 29.1 Å². The van der Waals surface area contributed by atoms with Gasteiger partial charge in [0.2, 0.25) is 11.7 Å². The number of aromatic nitrogens is 4. The molecule has 32 heavy (non-hydrogen) atoms. The molecule has 0 aliphatic rings. The first-order valence-corrected chi connectivity index (χ1v) is 10.3. The number of carbonyl (C=O) groups is 1. The Morgan fingerprint density at radius 2 is 1.94 bits per heavy atom. The Labute approximate surface area is 189 Å². The second-order valence-corrected chi connectivity index (χ2v) is 7.53. The van der Waals surface area contributed by atoms with Gasteiger partial charge in [-0.1, -0.05) is 59.2 Å². The summed E-state index contributed by atoms with van der Waals surface area (Å²) in [5, 5.41) is 14.8. The number of amides is 1. The lowest BCUT2D eigenvalue weighted by molar-refractivity contribution is -0.121. The SMILES string of the molecule is CNc1nn(CC(=O)NCc2ccccc2Cl)c(N)c1-c1nc(-c2ccccc2C)no1. The second-order valence-electron chi connectivity index (χ2n) is 7.12. The van der Waals surface area contributed by atoms with Crippen LogP contribution < -0.4 is 16.4 Å². The fourth-order valence-corrected chi connectivity index (χ4v) is 3.47. The summed E-state index contributed by atoms with van der Waals surface area (Å²) in [4.78, 5) is 17.0. The molecule has 4 N–H and O–H groups in total. The molecular formula is C22H22ClN7O2. The second kappa shape index (κ2) is 9.11. The van der Waals surface area contributed by atoms with Gasteiger partial charge < -0.3 is 20.9 Å². The van der Waals surface area contributed by atoms with Crippen molar-refractivity contribution in [3.63, 3.8) is 0 Å². The highest BCUT2D eigenvalue weighted by atomic mass is 35.5. The van der Waals surface area contributed by atoms with Crippen molar-refractivity contribution in [2.75, 3.05) is 18.1 Å². The largest absolute Gasteiger partial charge is 0.383 e. The number of hydrogen-bond acceptors (Lipinski definition) is 7. The Morgan fingerprint density at radius 3 is 2.69 bits per heavy atom. The summed E-state index contributed by atoms with van der Waals surface area (Å²) in [6, 6.07) is 15.1. The third-order valence-electron chi connectivity index (χ3n) is 4.98. The molecule has 2 aromatic heterocycles. The van der Waals surface area contributed by atoms with Gasteiger partial charge in [-0.3, -0.25) is 4.79 Å². The van der Waals surface area contributed by atoms with Crippen LogP contribution in [0.5, 0.6) is 0 Å². The van der Waals surface area contributed by atoms with E-state index >= 15 is 0 Å². The van der Waals surface area contributed by atoms with Crippen LogP contribution in [0.1, 0.15) is 11.1 Å². The molecule has 0 aliphatic heterocycles. The molecule has 0 spiro atoms. The van der Waals surface area contributed by atoms with Crippen molar-refractivity contribution in [3.8, 4) is 22.8 Å². The number of carbonyl (C=O) groups excluding carboxylic acids is 1. The van der Waals surface area contributed by atoms with Gasteiger partial charge in [0, 0.05) is 24.2 Å². The summed E-state index contributed by atoms with van der Waals surface area (Å²) >= 11 is 6.14. The number of benzene rings is 2. The van der Waals surface area contributed by atoms with Gasteiger partial charge in [-0.15, -0.1) is 0 Å². The lowest BCUT2D eigenvalue weighted by atomic mass is 10.1. The molecule has 2 heterocycles. The number of halogens is 1. The van der Waals surface area contributed by atoms with E-state index in [9.17, 15) is 4.79 Å². The summed E-state index contributed by atoms with van der Waals surface area (Å²) in [6.45, 7) is 2.19. The van der Waals surface area contributed by atoms with Crippen LogP contribution in [0, 0.1) is 6.92 Å². The zero-order valence-electron chi connectivity index (χ0n) is 17.6. The minimum absolute atomic E-state index is 0.0796. The lowest BCUT2D eigenvalue weighted by Crippen LogP contribution is -2.28. The average Bonchev–Trinajstić information content (AvgIpc) is 3.38. The number of nitrogens with one attached hydrogen (secondary N) is 2. The van der Waals surface area contributed by atoms with Gasteiger partial charge in [-0.25, -0.2) is 4.68 Å². The molecule has 4 rings (SSSR count). The van der Waals surface area contributed by atoms with Crippen LogP contribution in [0.2, 0.25) is 5.02 Å². The normalized spacial score (nSPS) is 10.8. The standard InChI is InChI=1S/C22H22ClN7O2/c1-13-7-3-5-9-15(13)20-27-22(32-29-20)18-19(24)30(28-21(18)25-2)12-17(31)26-11-14-8-4-6-10-16(14)23/h3-10H,11-12,24H2,1-2H3,(H,25,28)(H,26,31). The molecule has 0 atom stereocenters. The van der Waals surface area contributed by atoms with Gasteiger partial charge in [-0.05, 0) is 24.1 Å². The highest BCUT2D eigenvalue weighted by Gasteiger charge is 2.24. The van der Waals surface area contributed by atoms with E-state index in [2.05, 4.69) is 25.9 Å². The van der Waals surface area contributed by atoms with E-state index in [1.54, 1.807) is 13.1 Å². The first-order chi connectivity index (χ1) is 15.5. The Hall–Kier alpha value is -3.85. The number of nitrogens with zero attached hydrogens (tertiary/aromatic N) is 4. The number of anilines is 2. The van der Waals surface area contributed by atoms with Crippen molar-refractivity contribution in [1.29, 1.82) is 0 Å². The minimum Gasteiger partial charge on any atom is -0.383 e. The van der Waals surface area contributed by atoms with Crippen molar-refractivity contribution in [1.82, 2.24) is 25.2 Å². The topological polar surface area (TPSA) is 124 Å². The summed E-state index contributed by atoms with van der Waals surface area (Å²) in [7, 11) is 1.70. The van der Waals surface area contributed by atoms with Crippen LogP contribution in [0.15, 0.2) is 53.1 Å². The van der Waals surface area contributed by atoms with Crippen LogP contribution in [-0.4, -0.2) is 32.9 Å². The Balaban J connectivity index is 1.54. The molecular weight excluding hydrogens is 430 g/mol. The first-order valence-electron chi connectivity index (χ1n) is 9.92. The quantitative estimate of drug-likeness (QED) is 0.392. The molecule has 9 nitrogen and oxygen atoms in total. The summed E-state index contributed by atoms with van der Waals surface area (Å²) in [5.41, 5.74) is 9.45. The predicted octanol–water partition coefficient (Wildman–Crippen LogP) is 3.50. The molecule has 0 aliphatic carbocycles. The van der Waals surface area contributed by atoms with Crippen molar-refractivity contribution in [3.05, 3.63) is 64.7 Å². The molecule has 1 amide bonds. The Bertz CT molecular complexity index is 1260. The van der Waals surface area contributed by atoms with Gasteiger partial charge in [0.05, 0.1) is 0 Å². The summed E-state index contributed by atoms with van der Waals surface area (Å²) in [6.07, 6.45) is 0. The van der Waals surface area contributed by atoms with Crippen molar-refractivity contribution in [2.24, 2.45) is 0 Å². The highest BCUT2D eigenvalue weighted by Crippen LogP contribution is 2.33. The third kappa shape index (κ3) is 4.28. The zero-order valence-corrected chi connectivity index (χ0v) is 18.3. The zero-order chi connectivity index (χ0) is 22.7. The van der Waals surface area contributed by atoms with Gasteiger partial charge in [0.1, 0.15) is 17.9 Å². The fourth-order valence-electron chi connectivity index (χ4n) is 3.27. The maximum absolute atomic E-state index is 12.5. The average molecular weight is 452 g/mol. The minimum atomic E-state index is -0.264. The molecule has 0 fully saturated rings. The van der Waals surface area contributed by atoms with Crippen LogP contribution in [-0.2, 0) is 17.9 Å². The van der Waals surface area contributed by atoms with E-state index < -0.39 is 0 Å². The molecule has 0 bridgehead atoms. The maximum Gasteiger partial charge on any atom is 0.265 e. The monoisotopic (exact) mass is 451 g/mol.